The van der Waals surface area contributed by atoms with E-state index in [0.29, 0.717) is 0 Å². The van der Waals surface area contributed by atoms with E-state index in [4.69, 9.17) is 4.74 Å². The van der Waals surface area contributed by atoms with Gasteiger partial charge in [-0.3, -0.25) is 0 Å². The van der Waals surface area contributed by atoms with Crippen molar-refractivity contribution in [3.8, 4) is 0 Å². The van der Waals surface area contributed by atoms with Gasteiger partial charge in [-0.2, -0.15) is 11.8 Å². The van der Waals surface area contributed by atoms with Crippen LogP contribution in [0.5, 0.6) is 0 Å². The third kappa shape index (κ3) is 10.3. The normalized spacial score (nSPS) is 10.5. The number of methoxy groups -OCH3 is 1. The number of hydrogen-bond acceptors (Lipinski definition) is 3. The van der Waals surface area contributed by atoms with E-state index in [1.807, 2.05) is 11.8 Å². The second-order valence-electron chi connectivity index (χ2n) is 2.65. The molecule has 0 fully saturated rings. The topological polar surface area (TPSA) is 21.3 Å². The van der Waals surface area contributed by atoms with Crippen molar-refractivity contribution in [2.75, 3.05) is 38.3 Å². The molecule has 0 bridgehead atoms. The Morgan fingerprint density at radius 1 is 1.25 bits per heavy atom. The molecular formula is C9H21NOS. The van der Waals surface area contributed by atoms with Gasteiger partial charge in [0, 0.05) is 26.0 Å². The highest BCUT2D eigenvalue weighted by Gasteiger charge is 1.88. The highest BCUT2D eigenvalue weighted by molar-refractivity contribution is 7.99. The summed E-state index contributed by atoms with van der Waals surface area (Å²) in [5.74, 6) is 2.46. The lowest BCUT2D eigenvalue weighted by atomic mass is 10.3. The molecule has 0 radical (unpaired) electrons. The molecule has 0 aliphatic heterocycles. The Hall–Kier alpha value is 0.270. The van der Waals surface area contributed by atoms with Crippen LogP contribution in [0.15, 0.2) is 0 Å². The summed E-state index contributed by atoms with van der Waals surface area (Å²) in [7, 11) is 1.76. The van der Waals surface area contributed by atoms with Crippen LogP contribution in [-0.4, -0.2) is 38.3 Å². The van der Waals surface area contributed by atoms with Crippen LogP contribution in [0, 0.1) is 0 Å². The van der Waals surface area contributed by atoms with E-state index in [0.717, 1.165) is 19.7 Å². The Kier molecular flexibility index (Phi) is 11.5. The summed E-state index contributed by atoms with van der Waals surface area (Å²) in [6.07, 6.45) is 2.40. The van der Waals surface area contributed by atoms with E-state index in [1.165, 1.54) is 24.3 Å². The third-order valence-corrected chi connectivity index (χ3v) is 2.48. The van der Waals surface area contributed by atoms with E-state index in [-0.39, 0.29) is 0 Å². The summed E-state index contributed by atoms with van der Waals surface area (Å²) in [6.45, 7) is 5.37. The molecule has 0 rings (SSSR count). The van der Waals surface area contributed by atoms with Crippen molar-refractivity contribution in [3.63, 3.8) is 0 Å². The smallest absolute Gasteiger partial charge is 0.0462 e. The van der Waals surface area contributed by atoms with Crippen LogP contribution in [0.4, 0.5) is 0 Å². The minimum absolute atomic E-state index is 0.894. The molecular weight excluding hydrogens is 170 g/mol. The molecule has 0 aliphatic carbocycles. The van der Waals surface area contributed by atoms with Gasteiger partial charge >= 0.3 is 0 Å². The average molecular weight is 191 g/mol. The first-order chi connectivity index (χ1) is 5.91. The number of unbranched alkanes of at least 4 members (excludes halogenated alkanes) is 1. The van der Waals surface area contributed by atoms with Crippen LogP contribution in [0.25, 0.3) is 0 Å². The fraction of sp³-hybridized carbons (Fsp3) is 1.00. The molecule has 3 heteroatoms. The van der Waals surface area contributed by atoms with Crippen molar-refractivity contribution in [1.29, 1.82) is 0 Å². The zero-order valence-electron chi connectivity index (χ0n) is 8.27. The summed E-state index contributed by atoms with van der Waals surface area (Å²) >= 11 is 1.99. The van der Waals surface area contributed by atoms with Crippen molar-refractivity contribution in [2.45, 2.75) is 19.8 Å². The SMILES string of the molecule is CCSCCNCCCCOC. The summed E-state index contributed by atoms with van der Waals surface area (Å²) in [5, 5.41) is 3.40. The number of hydrogen-bond donors (Lipinski definition) is 1. The molecule has 0 unspecified atom stereocenters. The molecule has 0 spiro atoms. The molecule has 0 saturated carbocycles. The largest absolute Gasteiger partial charge is 0.385 e. The standard InChI is InChI=1S/C9H21NOS/c1-3-12-9-7-10-6-4-5-8-11-2/h10H,3-9H2,1-2H3. The second-order valence-corrected chi connectivity index (χ2v) is 4.04. The van der Waals surface area contributed by atoms with Crippen molar-refractivity contribution >= 4 is 11.8 Å². The fourth-order valence-corrected chi connectivity index (χ4v) is 1.49. The molecule has 2 nitrogen and oxygen atoms in total. The summed E-state index contributed by atoms with van der Waals surface area (Å²) in [4.78, 5) is 0. The van der Waals surface area contributed by atoms with E-state index in [1.54, 1.807) is 7.11 Å². The molecule has 0 aromatic heterocycles. The highest BCUT2D eigenvalue weighted by Crippen LogP contribution is 1.95. The van der Waals surface area contributed by atoms with Crippen LogP contribution < -0.4 is 5.32 Å². The summed E-state index contributed by atoms with van der Waals surface area (Å²) in [6, 6.07) is 0. The zero-order chi connectivity index (χ0) is 9.07. The van der Waals surface area contributed by atoms with Crippen LogP contribution in [0.1, 0.15) is 19.8 Å². The summed E-state index contributed by atoms with van der Waals surface area (Å²) < 4.78 is 4.96. The molecule has 0 aromatic rings. The van der Waals surface area contributed by atoms with Crippen molar-refractivity contribution in [1.82, 2.24) is 5.32 Å². The Morgan fingerprint density at radius 3 is 2.75 bits per heavy atom. The van der Waals surface area contributed by atoms with Crippen LogP contribution in [0.3, 0.4) is 0 Å². The van der Waals surface area contributed by atoms with Gasteiger partial charge < -0.3 is 10.1 Å². The molecule has 0 amide bonds. The van der Waals surface area contributed by atoms with Gasteiger partial charge in [0.15, 0.2) is 0 Å². The maximum absolute atomic E-state index is 4.96. The lowest BCUT2D eigenvalue weighted by molar-refractivity contribution is 0.192. The number of nitrogens with one attached hydrogen (secondary N) is 1. The van der Waals surface area contributed by atoms with E-state index >= 15 is 0 Å². The monoisotopic (exact) mass is 191 g/mol. The van der Waals surface area contributed by atoms with Gasteiger partial charge in [-0.15, -0.1) is 0 Å². The van der Waals surface area contributed by atoms with Gasteiger partial charge in [-0.25, -0.2) is 0 Å². The van der Waals surface area contributed by atoms with Crippen LogP contribution in [0.2, 0.25) is 0 Å². The molecule has 0 aromatic carbocycles. The van der Waals surface area contributed by atoms with Gasteiger partial charge in [0.25, 0.3) is 0 Å². The predicted octanol–water partition coefficient (Wildman–Crippen LogP) is 1.76. The van der Waals surface area contributed by atoms with Crippen molar-refractivity contribution in [3.05, 3.63) is 0 Å². The summed E-state index contributed by atoms with van der Waals surface area (Å²) in [5.41, 5.74) is 0. The fourth-order valence-electron chi connectivity index (χ4n) is 0.910. The molecule has 1 N–H and O–H groups in total. The van der Waals surface area contributed by atoms with Crippen LogP contribution in [-0.2, 0) is 4.74 Å². The number of rotatable bonds is 9. The quantitative estimate of drug-likeness (QED) is 0.561. The Labute approximate surface area is 80.4 Å². The average Bonchev–Trinajstić information content (AvgIpc) is 2.10. The van der Waals surface area contributed by atoms with E-state index in [2.05, 4.69) is 12.2 Å². The van der Waals surface area contributed by atoms with Crippen LogP contribution >= 0.6 is 11.8 Å². The van der Waals surface area contributed by atoms with Gasteiger partial charge in [0.05, 0.1) is 0 Å². The molecule has 0 heterocycles. The maximum Gasteiger partial charge on any atom is 0.0462 e. The zero-order valence-corrected chi connectivity index (χ0v) is 9.08. The van der Waals surface area contributed by atoms with Gasteiger partial charge in [-0.05, 0) is 25.1 Å². The van der Waals surface area contributed by atoms with Gasteiger partial charge in [0.1, 0.15) is 0 Å². The van der Waals surface area contributed by atoms with Gasteiger partial charge in [0.2, 0.25) is 0 Å². The van der Waals surface area contributed by atoms with E-state index < -0.39 is 0 Å². The third-order valence-electron chi connectivity index (χ3n) is 1.58. The lowest BCUT2D eigenvalue weighted by Crippen LogP contribution is -2.18. The minimum atomic E-state index is 0.894. The maximum atomic E-state index is 4.96. The first-order valence-electron chi connectivity index (χ1n) is 4.69. The van der Waals surface area contributed by atoms with Crippen molar-refractivity contribution in [2.24, 2.45) is 0 Å². The number of thioether (sulfide) groups is 1. The minimum Gasteiger partial charge on any atom is -0.385 e. The molecule has 0 aliphatic rings. The first kappa shape index (κ1) is 12.3. The second kappa shape index (κ2) is 11.3. The molecule has 0 atom stereocenters. The highest BCUT2D eigenvalue weighted by atomic mass is 32.2. The first-order valence-corrected chi connectivity index (χ1v) is 5.84. The Balaban J connectivity index is 2.73. The predicted molar refractivity (Wildman–Crippen MR) is 57.0 cm³/mol. The van der Waals surface area contributed by atoms with Gasteiger partial charge in [-0.1, -0.05) is 6.92 Å². The van der Waals surface area contributed by atoms with E-state index in [9.17, 15) is 0 Å². The molecule has 12 heavy (non-hydrogen) atoms. The lowest BCUT2D eigenvalue weighted by Gasteiger charge is -2.03. The number of ether oxygens (including phenoxy) is 1. The molecule has 0 saturated heterocycles. The Bertz CT molecular complexity index is 70.9. The van der Waals surface area contributed by atoms with Crippen molar-refractivity contribution < 1.29 is 4.74 Å². The molecule has 74 valence electrons. The Morgan fingerprint density at radius 2 is 2.08 bits per heavy atom.